The summed E-state index contributed by atoms with van der Waals surface area (Å²) in [5.74, 6) is 0.317. The highest BCUT2D eigenvalue weighted by atomic mass is 19.4. The van der Waals surface area contributed by atoms with Gasteiger partial charge in [0.15, 0.2) is 5.82 Å². The number of halogens is 3. The molecule has 0 aliphatic rings. The van der Waals surface area contributed by atoms with Gasteiger partial charge in [-0.25, -0.2) is 0 Å². The normalized spacial score (nSPS) is 11.5. The number of nitro benzene ring substituents is 1. The number of nitrogens with one attached hydrogen (secondary N) is 1. The predicted octanol–water partition coefficient (Wildman–Crippen LogP) is 3.40. The van der Waals surface area contributed by atoms with Crippen LogP contribution < -0.4 is 5.32 Å². The average molecular weight is 300 g/mol. The third-order valence-corrected chi connectivity index (χ3v) is 2.90. The fraction of sp³-hybridized carbons (Fsp3) is 0.250. The molecule has 6 nitrogen and oxygen atoms in total. The molecule has 1 aromatic heterocycles. The summed E-state index contributed by atoms with van der Waals surface area (Å²) in [4.78, 5) is 10.1. The van der Waals surface area contributed by atoms with Gasteiger partial charge in [-0.3, -0.25) is 14.8 Å². The van der Waals surface area contributed by atoms with E-state index < -0.39 is 22.4 Å². The van der Waals surface area contributed by atoms with Crippen LogP contribution >= 0.6 is 0 Å². The Morgan fingerprint density at radius 3 is 2.48 bits per heavy atom. The topological polar surface area (TPSA) is 73.0 Å². The highest BCUT2D eigenvalue weighted by Crippen LogP contribution is 2.35. The van der Waals surface area contributed by atoms with Crippen LogP contribution in [0, 0.1) is 17.0 Å². The van der Waals surface area contributed by atoms with Crippen molar-refractivity contribution in [3.05, 3.63) is 45.6 Å². The van der Waals surface area contributed by atoms with E-state index in [0.717, 1.165) is 17.8 Å². The van der Waals surface area contributed by atoms with Crippen LogP contribution in [-0.2, 0) is 13.2 Å². The summed E-state index contributed by atoms with van der Waals surface area (Å²) in [6.45, 7) is 1.78. The number of nitrogens with zero attached hydrogens (tertiary/aromatic N) is 3. The summed E-state index contributed by atoms with van der Waals surface area (Å²) in [5.41, 5.74) is -0.983. The molecule has 1 heterocycles. The quantitative estimate of drug-likeness (QED) is 0.696. The maximum absolute atomic E-state index is 12.6. The van der Waals surface area contributed by atoms with Gasteiger partial charge in [0.1, 0.15) is 5.69 Å². The second kappa shape index (κ2) is 5.08. The molecule has 0 fully saturated rings. The van der Waals surface area contributed by atoms with E-state index in [9.17, 15) is 23.3 Å². The van der Waals surface area contributed by atoms with Crippen molar-refractivity contribution in [2.24, 2.45) is 7.05 Å². The standard InChI is InChI=1S/C12H11F3N4O2/c1-7-5-11(17-18(7)2)16-9-4-3-8(12(13,14)15)6-10(9)19(20)21/h3-6H,1-2H3,(H,16,17). The van der Waals surface area contributed by atoms with E-state index in [0.29, 0.717) is 11.9 Å². The monoisotopic (exact) mass is 300 g/mol. The molecule has 0 saturated carbocycles. The molecule has 0 aliphatic carbocycles. The van der Waals surface area contributed by atoms with Crippen molar-refractivity contribution >= 4 is 17.2 Å². The van der Waals surface area contributed by atoms with Crippen LogP contribution in [0.1, 0.15) is 11.3 Å². The van der Waals surface area contributed by atoms with Crippen molar-refractivity contribution in [3.63, 3.8) is 0 Å². The Morgan fingerprint density at radius 2 is 2.00 bits per heavy atom. The lowest BCUT2D eigenvalue weighted by Gasteiger charge is -2.09. The smallest absolute Gasteiger partial charge is 0.333 e. The van der Waals surface area contributed by atoms with Gasteiger partial charge in [-0.05, 0) is 19.1 Å². The minimum atomic E-state index is -4.63. The molecule has 0 saturated heterocycles. The van der Waals surface area contributed by atoms with E-state index in [2.05, 4.69) is 10.4 Å². The number of benzene rings is 1. The van der Waals surface area contributed by atoms with Gasteiger partial charge in [-0.1, -0.05) is 0 Å². The van der Waals surface area contributed by atoms with Crippen molar-refractivity contribution < 1.29 is 18.1 Å². The molecule has 0 atom stereocenters. The zero-order valence-corrected chi connectivity index (χ0v) is 11.1. The molecule has 0 unspecified atom stereocenters. The fourth-order valence-corrected chi connectivity index (χ4v) is 1.72. The summed E-state index contributed by atoms with van der Waals surface area (Å²) >= 11 is 0. The first-order valence-electron chi connectivity index (χ1n) is 5.82. The van der Waals surface area contributed by atoms with Gasteiger partial charge >= 0.3 is 6.18 Å². The Morgan fingerprint density at radius 1 is 1.33 bits per heavy atom. The number of aromatic nitrogens is 2. The highest BCUT2D eigenvalue weighted by Gasteiger charge is 2.33. The molecule has 0 spiro atoms. The largest absolute Gasteiger partial charge is 0.416 e. The maximum atomic E-state index is 12.6. The average Bonchev–Trinajstić information content (AvgIpc) is 2.67. The molecule has 2 rings (SSSR count). The van der Waals surface area contributed by atoms with Gasteiger partial charge in [0.25, 0.3) is 5.69 Å². The number of hydrogen-bond acceptors (Lipinski definition) is 4. The van der Waals surface area contributed by atoms with Crippen molar-refractivity contribution in [3.8, 4) is 0 Å². The lowest BCUT2D eigenvalue weighted by molar-refractivity contribution is -0.384. The van der Waals surface area contributed by atoms with Gasteiger partial charge in [-0.15, -0.1) is 0 Å². The lowest BCUT2D eigenvalue weighted by atomic mass is 10.1. The van der Waals surface area contributed by atoms with Crippen LogP contribution in [0.3, 0.4) is 0 Å². The van der Waals surface area contributed by atoms with Gasteiger partial charge in [0.05, 0.1) is 10.5 Å². The first kappa shape index (κ1) is 14.8. The van der Waals surface area contributed by atoms with E-state index in [1.54, 1.807) is 20.0 Å². The molecule has 1 aromatic carbocycles. The Bertz CT molecular complexity index is 675. The molecule has 1 N–H and O–H groups in total. The molecule has 21 heavy (non-hydrogen) atoms. The number of alkyl halides is 3. The van der Waals surface area contributed by atoms with Gasteiger partial charge in [-0.2, -0.15) is 18.3 Å². The van der Waals surface area contributed by atoms with Crippen molar-refractivity contribution in [1.29, 1.82) is 0 Å². The summed E-state index contributed by atoms with van der Waals surface area (Å²) in [6, 6.07) is 3.93. The Kier molecular flexibility index (Phi) is 3.58. The number of rotatable bonds is 3. The van der Waals surface area contributed by atoms with Gasteiger partial charge in [0.2, 0.25) is 0 Å². The van der Waals surface area contributed by atoms with Crippen molar-refractivity contribution in [2.45, 2.75) is 13.1 Å². The van der Waals surface area contributed by atoms with Crippen LogP contribution in [0.15, 0.2) is 24.3 Å². The van der Waals surface area contributed by atoms with Crippen LogP contribution in [0.5, 0.6) is 0 Å². The first-order chi connectivity index (χ1) is 9.68. The third-order valence-electron chi connectivity index (χ3n) is 2.90. The van der Waals surface area contributed by atoms with Crippen LogP contribution in [0.4, 0.5) is 30.4 Å². The van der Waals surface area contributed by atoms with E-state index >= 15 is 0 Å². The van der Waals surface area contributed by atoms with E-state index in [1.165, 1.54) is 4.68 Å². The van der Waals surface area contributed by atoms with Crippen molar-refractivity contribution in [2.75, 3.05) is 5.32 Å². The Labute approximate surface area is 117 Å². The first-order valence-corrected chi connectivity index (χ1v) is 5.82. The fourth-order valence-electron chi connectivity index (χ4n) is 1.72. The van der Waals surface area contributed by atoms with E-state index in [-0.39, 0.29) is 5.69 Å². The number of nitro groups is 1. The SMILES string of the molecule is Cc1cc(Nc2ccc(C(F)(F)F)cc2[N+](=O)[O-])nn1C. The molecular weight excluding hydrogens is 289 g/mol. The minimum absolute atomic E-state index is 0.0499. The summed E-state index contributed by atoms with van der Waals surface area (Å²) in [5, 5.41) is 17.6. The van der Waals surface area contributed by atoms with Crippen LogP contribution in [-0.4, -0.2) is 14.7 Å². The third kappa shape index (κ3) is 3.12. The molecule has 0 bridgehead atoms. The Hall–Kier alpha value is -2.58. The van der Waals surface area contributed by atoms with Gasteiger partial charge in [0, 0.05) is 24.9 Å². The molecule has 9 heteroatoms. The van der Waals surface area contributed by atoms with Gasteiger partial charge < -0.3 is 5.32 Å². The molecule has 0 radical (unpaired) electrons. The second-order valence-electron chi connectivity index (χ2n) is 4.41. The predicted molar refractivity (Wildman–Crippen MR) is 69.3 cm³/mol. The number of aryl methyl sites for hydroxylation is 2. The molecular formula is C12H11F3N4O2. The zero-order chi connectivity index (χ0) is 15.8. The maximum Gasteiger partial charge on any atom is 0.416 e. The summed E-state index contributed by atoms with van der Waals surface area (Å²) < 4.78 is 39.3. The molecule has 2 aromatic rings. The highest BCUT2D eigenvalue weighted by molar-refractivity contribution is 5.68. The van der Waals surface area contributed by atoms with Crippen molar-refractivity contribution in [1.82, 2.24) is 9.78 Å². The van der Waals surface area contributed by atoms with Crippen LogP contribution in [0.2, 0.25) is 0 Å². The van der Waals surface area contributed by atoms with Crippen LogP contribution in [0.25, 0.3) is 0 Å². The molecule has 0 amide bonds. The number of hydrogen-bond donors (Lipinski definition) is 1. The molecule has 0 aliphatic heterocycles. The summed E-state index contributed by atoms with van der Waals surface area (Å²) in [6.07, 6.45) is -4.63. The number of anilines is 2. The van der Waals surface area contributed by atoms with E-state index in [1.807, 2.05) is 0 Å². The minimum Gasteiger partial charge on any atom is -0.333 e. The van der Waals surface area contributed by atoms with E-state index in [4.69, 9.17) is 0 Å². The second-order valence-corrected chi connectivity index (χ2v) is 4.41. The summed E-state index contributed by atoms with van der Waals surface area (Å²) in [7, 11) is 1.68. The lowest BCUT2D eigenvalue weighted by Crippen LogP contribution is -2.07. The Balaban J connectivity index is 2.41. The molecule has 112 valence electrons. The zero-order valence-electron chi connectivity index (χ0n) is 11.1.